The first-order valence-electron chi connectivity index (χ1n) is 9.98. The van der Waals surface area contributed by atoms with Crippen molar-refractivity contribution in [1.82, 2.24) is 5.32 Å². The molecular weight excluding hydrogens is 493 g/mol. The van der Waals surface area contributed by atoms with Crippen LogP contribution in [0.3, 0.4) is 0 Å². The van der Waals surface area contributed by atoms with E-state index in [1.54, 1.807) is 30.3 Å². The molecule has 0 radical (unpaired) electrons. The van der Waals surface area contributed by atoms with E-state index >= 15 is 0 Å². The summed E-state index contributed by atoms with van der Waals surface area (Å²) in [6.07, 6.45) is -4.68. The van der Waals surface area contributed by atoms with Crippen LogP contribution >= 0.6 is 11.6 Å². The number of ether oxygens (including phenoxy) is 1. The van der Waals surface area contributed by atoms with Gasteiger partial charge in [-0.3, -0.25) is 9.10 Å². The third kappa shape index (κ3) is 6.42. The largest absolute Gasteiger partial charge is 0.490 e. The Kier molecular flexibility index (Phi) is 8.06. The molecule has 34 heavy (non-hydrogen) atoms. The average Bonchev–Trinajstić information content (AvgIpc) is 2.81. The topological polar surface area (TPSA) is 75.7 Å². The van der Waals surface area contributed by atoms with Gasteiger partial charge < -0.3 is 10.1 Å². The van der Waals surface area contributed by atoms with Crippen LogP contribution in [0, 0.1) is 0 Å². The number of hydrogen-bond donors (Lipinski definition) is 1. The van der Waals surface area contributed by atoms with Gasteiger partial charge in [0.25, 0.3) is 10.0 Å². The molecule has 0 saturated carbocycles. The number of halogens is 4. The summed E-state index contributed by atoms with van der Waals surface area (Å²) >= 11 is 5.99. The van der Waals surface area contributed by atoms with Crippen LogP contribution in [0.2, 0.25) is 5.02 Å². The fraction of sp³-hybridized carbons (Fsp3) is 0.174. The Labute approximate surface area is 200 Å². The van der Waals surface area contributed by atoms with Crippen LogP contribution in [-0.4, -0.2) is 34.0 Å². The van der Waals surface area contributed by atoms with Crippen molar-refractivity contribution in [3.05, 3.63) is 89.4 Å². The van der Waals surface area contributed by atoms with Gasteiger partial charge in [0.1, 0.15) is 18.9 Å². The van der Waals surface area contributed by atoms with Crippen LogP contribution in [0.5, 0.6) is 5.75 Å². The number of hydrogen-bond acceptors (Lipinski definition) is 4. The van der Waals surface area contributed by atoms with E-state index in [2.05, 4.69) is 5.32 Å². The minimum Gasteiger partial charge on any atom is -0.490 e. The molecular formula is C23H20ClF3N2O4S. The third-order valence-corrected chi connectivity index (χ3v) is 6.70. The number of benzene rings is 3. The highest BCUT2D eigenvalue weighted by atomic mass is 35.5. The lowest BCUT2D eigenvalue weighted by molar-refractivity contribution is -0.137. The average molecular weight is 513 g/mol. The number of rotatable bonds is 9. The number of para-hydroxylation sites is 1. The number of alkyl halides is 3. The van der Waals surface area contributed by atoms with Crippen LogP contribution < -0.4 is 14.4 Å². The van der Waals surface area contributed by atoms with Gasteiger partial charge in [-0.15, -0.1) is 0 Å². The second kappa shape index (κ2) is 10.8. The van der Waals surface area contributed by atoms with Crippen molar-refractivity contribution in [2.45, 2.75) is 11.1 Å². The van der Waals surface area contributed by atoms with Crippen molar-refractivity contribution in [3.63, 3.8) is 0 Å². The molecule has 0 aromatic heterocycles. The molecule has 0 aliphatic heterocycles. The Hall–Kier alpha value is -3.24. The minimum absolute atomic E-state index is 0.0197. The second-order valence-corrected chi connectivity index (χ2v) is 9.27. The number of carbonyl (C=O) groups is 1. The maximum absolute atomic E-state index is 13.2. The van der Waals surface area contributed by atoms with Crippen molar-refractivity contribution in [3.8, 4) is 5.75 Å². The zero-order chi connectivity index (χ0) is 24.8. The van der Waals surface area contributed by atoms with E-state index in [4.69, 9.17) is 16.3 Å². The number of amides is 1. The number of sulfonamides is 1. The summed E-state index contributed by atoms with van der Waals surface area (Å²) in [4.78, 5) is 12.4. The van der Waals surface area contributed by atoms with E-state index in [9.17, 15) is 26.4 Å². The number of carbonyl (C=O) groups excluding carboxylic acids is 1. The molecule has 3 rings (SSSR count). The molecule has 11 heteroatoms. The van der Waals surface area contributed by atoms with E-state index in [0.717, 1.165) is 12.1 Å². The van der Waals surface area contributed by atoms with Gasteiger partial charge in [0.05, 0.1) is 27.7 Å². The van der Waals surface area contributed by atoms with Crippen molar-refractivity contribution >= 4 is 33.2 Å². The minimum atomic E-state index is -4.68. The van der Waals surface area contributed by atoms with Crippen LogP contribution in [0.1, 0.15) is 5.56 Å². The standard InChI is InChI=1S/C23H20ClF3N2O4S/c24-20-11-4-5-12-21(20)33-14-13-28-22(30)16-29(34(31,32)19-9-2-1-3-10-19)18-8-6-7-17(15-18)23(25,26)27/h1-12,15H,13-14,16H2,(H,28,30). The number of anilines is 1. The van der Waals surface area contributed by atoms with Gasteiger partial charge in [0.15, 0.2) is 0 Å². The predicted molar refractivity (Wildman–Crippen MR) is 122 cm³/mol. The summed E-state index contributed by atoms with van der Waals surface area (Å²) in [6, 6.07) is 17.7. The maximum Gasteiger partial charge on any atom is 0.416 e. The van der Waals surface area contributed by atoms with Crippen LogP contribution in [-0.2, 0) is 21.0 Å². The van der Waals surface area contributed by atoms with E-state index in [-0.39, 0.29) is 23.7 Å². The Bertz CT molecular complexity index is 1240. The van der Waals surface area contributed by atoms with Gasteiger partial charge in [-0.1, -0.05) is 48.0 Å². The van der Waals surface area contributed by atoms with Crippen molar-refractivity contribution < 1.29 is 31.1 Å². The lowest BCUT2D eigenvalue weighted by atomic mass is 10.2. The molecule has 6 nitrogen and oxygen atoms in total. The first-order valence-corrected chi connectivity index (χ1v) is 11.8. The second-order valence-electron chi connectivity index (χ2n) is 7.00. The van der Waals surface area contributed by atoms with Gasteiger partial charge in [0.2, 0.25) is 5.91 Å². The Morgan fingerprint density at radius 2 is 1.65 bits per heavy atom. The van der Waals surface area contributed by atoms with Crippen molar-refractivity contribution in [2.75, 3.05) is 24.0 Å². The molecule has 0 atom stereocenters. The summed E-state index contributed by atoms with van der Waals surface area (Å²) < 4.78 is 72.2. The molecule has 0 aliphatic carbocycles. The van der Waals surface area contributed by atoms with Crippen LogP contribution in [0.4, 0.5) is 18.9 Å². The quantitative estimate of drug-likeness (QED) is 0.420. The molecule has 0 fully saturated rings. The molecule has 180 valence electrons. The molecule has 0 unspecified atom stereocenters. The summed E-state index contributed by atoms with van der Waals surface area (Å²) in [7, 11) is -4.33. The monoisotopic (exact) mass is 512 g/mol. The highest BCUT2D eigenvalue weighted by molar-refractivity contribution is 7.92. The SMILES string of the molecule is O=C(CN(c1cccc(C(F)(F)F)c1)S(=O)(=O)c1ccccc1)NCCOc1ccccc1Cl. The Morgan fingerprint density at radius 3 is 2.32 bits per heavy atom. The summed E-state index contributed by atoms with van der Waals surface area (Å²) in [5.74, 6) is -0.310. The van der Waals surface area contributed by atoms with Crippen LogP contribution in [0.15, 0.2) is 83.8 Å². The Balaban J connectivity index is 1.78. The molecule has 1 N–H and O–H groups in total. The van der Waals surface area contributed by atoms with Gasteiger partial charge in [-0.25, -0.2) is 8.42 Å². The van der Waals surface area contributed by atoms with Gasteiger partial charge in [-0.05, 0) is 42.5 Å². The first kappa shape index (κ1) is 25.4. The lowest BCUT2D eigenvalue weighted by Gasteiger charge is -2.25. The van der Waals surface area contributed by atoms with Crippen molar-refractivity contribution in [2.24, 2.45) is 0 Å². The molecule has 1 amide bonds. The van der Waals surface area contributed by atoms with E-state index in [1.165, 1.54) is 30.3 Å². The highest BCUT2D eigenvalue weighted by Gasteiger charge is 2.33. The molecule has 0 saturated heterocycles. The van der Waals surface area contributed by atoms with E-state index in [0.29, 0.717) is 21.1 Å². The normalized spacial score (nSPS) is 11.6. The first-order chi connectivity index (χ1) is 16.1. The third-order valence-electron chi connectivity index (χ3n) is 4.60. The van der Waals surface area contributed by atoms with E-state index < -0.39 is 34.2 Å². The zero-order valence-electron chi connectivity index (χ0n) is 17.6. The maximum atomic E-state index is 13.2. The number of nitrogens with zero attached hydrogens (tertiary/aromatic N) is 1. The molecule has 3 aromatic rings. The van der Waals surface area contributed by atoms with Gasteiger partial charge >= 0.3 is 6.18 Å². The zero-order valence-corrected chi connectivity index (χ0v) is 19.2. The highest BCUT2D eigenvalue weighted by Crippen LogP contribution is 2.33. The molecule has 0 aliphatic rings. The van der Waals surface area contributed by atoms with Crippen molar-refractivity contribution in [1.29, 1.82) is 0 Å². The van der Waals surface area contributed by atoms with E-state index in [1.807, 2.05) is 0 Å². The fourth-order valence-electron chi connectivity index (χ4n) is 2.97. The Morgan fingerprint density at radius 1 is 0.971 bits per heavy atom. The summed E-state index contributed by atoms with van der Waals surface area (Å²) in [5.41, 5.74) is -1.33. The lowest BCUT2D eigenvalue weighted by Crippen LogP contribution is -2.42. The van der Waals surface area contributed by atoms with Gasteiger partial charge in [0, 0.05) is 0 Å². The summed E-state index contributed by atoms with van der Waals surface area (Å²) in [6.45, 7) is -0.666. The van der Waals surface area contributed by atoms with Gasteiger partial charge in [-0.2, -0.15) is 13.2 Å². The smallest absolute Gasteiger partial charge is 0.416 e. The fourth-order valence-corrected chi connectivity index (χ4v) is 4.60. The molecule has 0 heterocycles. The molecule has 3 aromatic carbocycles. The van der Waals surface area contributed by atoms with Crippen LogP contribution in [0.25, 0.3) is 0 Å². The molecule has 0 spiro atoms. The predicted octanol–water partition coefficient (Wildman–Crippen LogP) is 4.75. The molecule has 0 bridgehead atoms. The summed E-state index contributed by atoms with van der Waals surface area (Å²) in [5, 5.41) is 2.89. The number of nitrogens with one attached hydrogen (secondary N) is 1.